The summed E-state index contributed by atoms with van der Waals surface area (Å²) >= 11 is 0. The quantitative estimate of drug-likeness (QED) is 0.0332. The predicted octanol–water partition coefficient (Wildman–Crippen LogP) is 12.8. The molecule has 0 aromatic rings. The van der Waals surface area contributed by atoms with Gasteiger partial charge in [-0.05, 0) is 70.6 Å². The van der Waals surface area contributed by atoms with Crippen LogP contribution >= 0.6 is 0 Å². The van der Waals surface area contributed by atoms with Gasteiger partial charge in [0.05, 0.1) is 17.9 Å². The fourth-order valence-electron chi connectivity index (χ4n) is 5.92. The van der Waals surface area contributed by atoms with E-state index in [9.17, 15) is 22.9 Å². The maximum atomic E-state index is 12.5. The number of carbonyl (C=O) groups is 1. The van der Waals surface area contributed by atoms with Crippen LogP contribution in [-0.2, 0) is 14.9 Å². The largest absolute Gasteiger partial charge is 0.387 e. The highest BCUT2D eigenvalue weighted by molar-refractivity contribution is 7.85. The Hall–Kier alpha value is -2.48. The number of hydrogen-bond donors (Lipinski definition) is 3. The Labute approximate surface area is 326 Å². The van der Waals surface area contributed by atoms with Crippen LogP contribution in [-0.4, -0.2) is 41.9 Å². The Morgan fingerprint density at radius 2 is 0.906 bits per heavy atom. The van der Waals surface area contributed by atoms with Crippen molar-refractivity contribution in [1.82, 2.24) is 5.32 Å². The highest BCUT2D eigenvalue weighted by Gasteiger charge is 2.24. The van der Waals surface area contributed by atoms with E-state index < -0.39 is 28.0 Å². The third-order valence-corrected chi connectivity index (χ3v) is 9.86. The van der Waals surface area contributed by atoms with Gasteiger partial charge in [0.15, 0.2) is 0 Å². The molecule has 0 aliphatic heterocycles. The molecule has 2 unspecified atom stereocenters. The van der Waals surface area contributed by atoms with Gasteiger partial charge in [-0.15, -0.1) is 0 Å². The third-order valence-electron chi connectivity index (χ3n) is 9.08. The summed E-state index contributed by atoms with van der Waals surface area (Å²) in [5.74, 6) is -1.04. The number of amides is 1. The molecule has 0 aromatic heterocycles. The van der Waals surface area contributed by atoms with Gasteiger partial charge in [-0.1, -0.05) is 189 Å². The molecule has 0 fully saturated rings. The molecule has 0 aliphatic rings. The first-order valence-corrected chi connectivity index (χ1v) is 22.9. The normalized spacial score (nSPS) is 14.1. The van der Waals surface area contributed by atoms with E-state index in [4.69, 9.17) is 0 Å². The summed E-state index contributed by atoms with van der Waals surface area (Å²) < 4.78 is 32.5. The molecule has 0 bridgehead atoms. The molecule has 0 saturated carbocycles. The van der Waals surface area contributed by atoms with Crippen LogP contribution in [0, 0.1) is 0 Å². The number of aliphatic hydroxyl groups excluding tert-OH is 1. The minimum atomic E-state index is -4.36. The molecule has 0 saturated heterocycles. The summed E-state index contributed by atoms with van der Waals surface area (Å²) in [6.07, 6.45) is 57.1. The van der Waals surface area contributed by atoms with Gasteiger partial charge >= 0.3 is 0 Å². The lowest BCUT2D eigenvalue weighted by atomic mass is 10.0. The van der Waals surface area contributed by atoms with Crippen molar-refractivity contribution >= 4 is 16.0 Å². The first-order chi connectivity index (χ1) is 25.8. The van der Waals surface area contributed by atoms with Crippen molar-refractivity contribution in [2.45, 2.75) is 193 Å². The van der Waals surface area contributed by atoms with Crippen LogP contribution in [0.25, 0.3) is 0 Å². The van der Waals surface area contributed by atoms with Crippen LogP contribution in [0.5, 0.6) is 0 Å². The van der Waals surface area contributed by atoms with Crippen molar-refractivity contribution in [3.63, 3.8) is 0 Å². The van der Waals surface area contributed by atoms with E-state index in [2.05, 4.69) is 92.1 Å². The summed E-state index contributed by atoms with van der Waals surface area (Å²) in [6, 6.07) is -1.09. The predicted molar refractivity (Wildman–Crippen MR) is 230 cm³/mol. The van der Waals surface area contributed by atoms with Gasteiger partial charge < -0.3 is 10.4 Å². The van der Waals surface area contributed by atoms with E-state index in [0.29, 0.717) is 6.42 Å². The molecule has 0 heterocycles. The highest BCUT2D eigenvalue weighted by atomic mass is 32.2. The number of aliphatic hydroxyl groups is 1. The first-order valence-electron chi connectivity index (χ1n) is 21.3. The number of carbonyl (C=O) groups excluding carboxylic acids is 1. The average Bonchev–Trinajstić information content (AvgIpc) is 3.12. The molecular weight excluding hydrogens is 679 g/mol. The van der Waals surface area contributed by atoms with Gasteiger partial charge in [-0.25, -0.2) is 0 Å². The lowest BCUT2D eigenvalue weighted by Gasteiger charge is -2.21. The second-order valence-corrected chi connectivity index (χ2v) is 15.7. The zero-order chi connectivity index (χ0) is 38.9. The molecule has 0 radical (unpaired) electrons. The van der Waals surface area contributed by atoms with Crippen molar-refractivity contribution < 1.29 is 22.9 Å². The van der Waals surface area contributed by atoms with Crippen molar-refractivity contribution in [3.8, 4) is 0 Å². The number of rotatable bonds is 37. The molecule has 3 N–H and O–H groups in total. The molecule has 304 valence electrons. The zero-order valence-electron chi connectivity index (χ0n) is 33.9. The maximum absolute atomic E-state index is 12.5. The number of hydrogen-bond acceptors (Lipinski definition) is 4. The Kier molecular flexibility index (Phi) is 37.4. The number of nitrogens with one attached hydrogen (secondary N) is 1. The first kappa shape index (κ1) is 50.5. The van der Waals surface area contributed by atoms with Crippen LogP contribution in [0.1, 0.15) is 181 Å². The van der Waals surface area contributed by atoms with Crippen LogP contribution in [0.2, 0.25) is 0 Å². The van der Waals surface area contributed by atoms with Crippen molar-refractivity contribution in [2.75, 3.05) is 5.75 Å². The summed E-state index contributed by atoms with van der Waals surface area (Å²) in [5, 5.41) is 13.2. The molecule has 7 heteroatoms. The van der Waals surface area contributed by atoms with E-state index in [0.717, 1.165) is 70.6 Å². The van der Waals surface area contributed by atoms with E-state index in [1.165, 1.54) is 83.5 Å². The molecule has 0 aliphatic carbocycles. The van der Waals surface area contributed by atoms with E-state index in [-0.39, 0.29) is 12.3 Å². The maximum Gasteiger partial charge on any atom is 0.267 e. The molecule has 53 heavy (non-hydrogen) atoms. The van der Waals surface area contributed by atoms with Gasteiger partial charge in [-0.2, -0.15) is 8.42 Å². The Balaban J connectivity index is 4.04. The Morgan fingerprint density at radius 1 is 0.528 bits per heavy atom. The van der Waals surface area contributed by atoms with Crippen molar-refractivity contribution in [2.24, 2.45) is 0 Å². The summed E-state index contributed by atoms with van der Waals surface area (Å²) in [6.45, 7) is 4.41. The summed E-state index contributed by atoms with van der Waals surface area (Å²) in [5.41, 5.74) is 0. The van der Waals surface area contributed by atoms with Gasteiger partial charge in [0.2, 0.25) is 5.91 Å². The number of allylic oxidation sites excluding steroid dienone is 13. The van der Waals surface area contributed by atoms with Crippen LogP contribution in [0.4, 0.5) is 0 Å². The Bertz CT molecular complexity index is 1150. The van der Waals surface area contributed by atoms with E-state index >= 15 is 0 Å². The minimum absolute atomic E-state index is 0.236. The number of unbranched alkanes of at least 4 members (excludes halogenated alkanes) is 17. The zero-order valence-corrected chi connectivity index (χ0v) is 34.7. The highest BCUT2D eigenvalue weighted by Crippen LogP contribution is 2.14. The fraction of sp³-hybridized carbons (Fsp3) is 0.674. The SMILES string of the molecule is CC/C=C\C/C=C\C/C=C\C/C=C\C/C=C\C/C=C\CCCCC(=O)NC(CS(=O)(=O)O)C(O)/C=C/CCCCCCCCCCCCCCCCC. The molecule has 1 amide bonds. The smallest absolute Gasteiger partial charge is 0.267 e. The fourth-order valence-corrected chi connectivity index (χ4v) is 6.66. The molecule has 0 aromatic carbocycles. The van der Waals surface area contributed by atoms with Crippen LogP contribution in [0.15, 0.2) is 85.1 Å². The molecular formula is C46H79NO5S. The summed E-state index contributed by atoms with van der Waals surface area (Å²) in [7, 11) is -4.36. The Morgan fingerprint density at radius 3 is 1.34 bits per heavy atom. The third kappa shape index (κ3) is 40.5. The second kappa shape index (κ2) is 39.2. The van der Waals surface area contributed by atoms with E-state index in [1.54, 1.807) is 6.08 Å². The van der Waals surface area contributed by atoms with Crippen molar-refractivity contribution in [3.05, 3.63) is 85.1 Å². The topological polar surface area (TPSA) is 104 Å². The standard InChI is InChI=1S/C46H79NO5S/c1-3-5-7-9-11-13-15-17-19-21-22-23-24-26-28-30-32-34-36-38-40-42-46(49)47-44(43-53(50,51)52)45(48)41-39-37-35-33-31-29-27-25-20-18-16-14-12-10-8-6-4-2/h5,7,11,13,17,19,22-23,26,28,32,34,39,41,44-45,48H,3-4,6,8-10,12,14-16,18,20-21,24-25,27,29-31,33,35-38,40,42-43H2,1-2H3,(H,47,49)(H,50,51,52)/b7-5-,13-11-,19-17-,23-22-,28-26-,34-32-,41-39+. The molecule has 6 nitrogen and oxygen atoms in total. The molecule has 0 spiro atoms. The lowest BCUT2D eigenvalue weighted by Crippen LogP contribution is -2.46. The summed E-state index contributed by atoms with van der Waals surface area (Å²) in [4.78, 5) is 12.5. The lowest BCUT2D eigenvalue weighted by molar-refractivity contribution is -0.122. The van der Waals surface area contributed by atoms with E-state index in [1.807, 2.05) is 6.08 Å². The van der Waals surface area contributed by atoms with Gasteiger partial charge in [0, 0.05) is 6.42 Å². The molecule has 2 atom stereocenters. The molecule has 0 rings (SSSR count). The monoisotopic (exact) mass is 758 g/mol. The van der Waals surface area contributed by atoms with Crippen molar-refractivity contribution in [1.29, 1.82) is 0 Å². The van der Waals surface area contributed by atoms with Gasteiger partial charge in [0.1, 0.15) is 0 Å². The van der Waals surface area contributed by atoms with Gasteiger partial charge in [0.25, 0.3) is 10.1 Å². The minimum Gasteiger partial charge on any atom is -0.387 e. The average molecular weight is 758 g/mol. The second-order valence-electron chi connectivity index (χ2n) is 14.2. The van der Waals surface area contributed by atoms with Crippen LogP contribution < -0.4 is 5.32 Å². The van der Waals surface area contributed by atoms with Gasteiger partial charge in [-0.3, -0.25) is 9.35 Å². The van der Waals surface area contributed by atoms with Crippen LogP contribution in [0.3, 0.4) is 0 Å².